The lowest BCUT2D eigenvalue weighted by molar-refractivity contribution is -0.143. The number of rotatable bonds is 6. The summed E-state index contributed by atoms with van der Waals surface area (Å²) in [7, 11) is 1.91. The molecule has 0 radical (unpaired) electrons. The molecule has 0 aliphatic carbocycles. The summed E-state index contributed by atoms with van der Waals surface area (Å²) < 4.78 is 81.6. The molecule has 7 nitrogen and oxygen atoms in total. The average Bonchev–Trinajstić information content (AvgIpc) is 3.27. The molecular formula is C25H25ClF6N6O. The Morgan fingerprint density at radius 3 is 2.15 bits per heavy atom. The van der Waals surface area contributed by atoms with E-state index in [-0.39, 0.29) is 23.1 Å². The van der Waals surface area contributed by atoms with Crippen LogP contribution in [-0.4, -0.2) is 59.0 Å². The molecule has 210 valence electrons. The zero-order valence-corrected chi connectivity index (χ0v) is 21.7. The topological polar surface area (TPSA) is 66.3 Å². The lowest BCUT2D eigenvalue weighted by atomic mass is 10.0. The monoisotopic (exact) mass is 574 g/mol. The number of aromatic nitrogens is 3. The molecule has 1 aliphatic rings. The van der Waals surface area contributed by atoms with Gasteiger partial charge in [-0.05, 0) is 49.4 Å². The Morgan fingerprint density at radius 2 is 1.59 bits per heavy atom. The Hall–Kier alpha value is -3.32. The van der Waals surface area contributed by atoms with Crippen molar-refractivity contribution in [3.8, 4) is 0 Å². The highest BCUT2D eigenvalue weighted by molar-refractivity contribution is 6.31. The van der Waals surface area contributed by atoms with Crippen LogP contribution < -0.4 is 10.2 Å². The summed E-state index contributed by atoms with van der Waals surface area (Å²) in [5.74, 6) is -0.402. The van der Waals surface area contributed by atoms with Gasteiger partial charge in [0, 0.05) is 31.2 Å². The Balaban J connectivity index is 1.71. The fourth-order valence-corrected chi connectivity index (χ4v) is 4.64. The quantitative estimate of drug-likeness (QED) is 0.407. The second-order valence-corrected chi connectivity index (χ2v) is 9.75. The van der Waals surface area contributed by atoms with Crippen LogP contribution in [0.25, 0.3) is 0 Å². The number of likely N-dealkylation sites (N-methyl/N-ethyl adjacent to an activating group) is 1. The third-order valence-corrected chi connectivity index (χ3v) is 6.77. The summed E-state index contributed by atoms with van der Waals surface area (Å²) >= 11 is 6.24. The first kappa shape index (κ1) is 28.7. The van der Waals surface area contributed by atoms with Crippen molar-refractivity contribution in [2.45, 2.75) is 31.9 Å². The van der Waals surface area contributed by atoms with Gasteiger partial charge in [0.1, 0.15) is 0 Å². The number of halogens is 7. The van der Waals surface area contributed by atoms with Gasteiger partial charge in [-0.2, -0.15) is 26.3 Å². The fourth-order valence-electron chi connectivity index (χ4n) is 4.35. The number of nitrogens with zero attached hydrogens (tertiary/aromatic N) is 5. The largest absolute Gasteiger partial charge is 0.416 e. The van der Waals surface area contributed by atoms with Gasteiger partial charge in [-0.3, -0.25) is 4.79 Å². The molecule has 1 atom stereocenters. The van der Waals surface area contributed by atoms with Gasteiger partial charge < -0.3 is 15.1 Å². The summed E-state index contributed by atoms with van der Waals surface area (Å²) in [6, 6.07) is 7.77. The minimum atomic E-state index is -4.99. The Labute approximate surface area is 225 Å². The zero-order valence-electron chi connectivity index (χ0n) is 20.9. The number of piperazine rings is 1. The maximum absolute atomic E-state index is 13.4. The highest BCUT2D eigenvalue weighted by Gasteiger charge is 2.37. The smallest absolute Gasteiger partial charge is 0.352 e. The van der Waals surface area contributed by atoms with Crippen molar-refractivity contribution in [2.75, 3.05) is 38.1 Å². The number of benzene rings is 2. The van der Waals surface area contributed by atoms with Crippen molar-refractivity contribution < 1.29 is 31.1 Å². The summed E-state index contributed by atoms with van der Waals surface area (Å²) in [6.45, 7) is 3.38. The van der Waals surface area contributed by atoms with Crippen LogP contribution in [0.2, 0.25) is 5.02 Å². The Morgan fingerprint density at radius 1 is 1.00 bits per heavy atom. The lowest BCUT2D eigenvalue weighted by Gasteiger charge is -2.34. The molecule has 2 aromatic carbocycles. The number of carbonyl (C=O) groups excluding carboxylic acids is 1. The molecule has 14 heteroatoms. The Bertz CT molecular complexity index is 1300. The van der Waals surface area contributed by atoms with Crippen LogP contribution in [0.3, 0.4) is 0 Å². The summed E-state index contributed by atoms with van der Waals surface area (Å²) in [5, 5.41) is 11.2. The number of anilines is 1. The highest BCUT2D eigenvalue weighted by Crippen LogP contribution is 2.37. The van der Waals surface area contributed by atoms with Crippen LogP contribution in [0, 0.1) is 0 Å². The van der Waals surface area contributed by atoms with E-state index in [2.05, 4.69) is 15.6 Å². The molecule has 4 rings (SSSR count). The molecular weight excluding hydrogens is 550 g/mol. The third kappa shape index (κ3) is 6.64. The maximum Gasteiger partial charge on any atom is 0.416 e. The third-order valence-electron chi connectivity index (χ3n) is 6.43. The van der Waals surface area contributed by atoms with Crippen molar-refractivity contribution in [1.29, 1.82) is 0 Å². The van der Waals surface area contributed by atoms with Gasteiger partial charge in [0.15, 0.2) is 11.5 Å². The molecule has 1 aromatic heterocycles. The van der Waals surface area contributed by atoms with Crippen molar-refractivity contribution in [3.63, 3.8) is 0 Å². The van der Waals surface area contributed by atoms with Gasteiger partial charge in [0.2, 0.25) is 0 Å². The molecule has 39 heavy (non-hydrogen) atoms. The van der Waals surface area contributed by atoms with E-state index in [0.29, 0.717) is 48.9 Å². The Kier molecular flexibility index (Phi) is 8.12. The first-order chi connectivity index (χ1) is 18.2. The molecule has 2 heterocycles. The molecule has 1 saturated heterocycles. The van der Waals surface area contributed by atoms with E-state index in [9.17, 15) is 31.1 Å². The molecule has 0 bridgehead atoms. The van der Waals surface area contributed by atoms with E-state index >= 15 is 0 Å². The average molecular weight is 575 g/mol. The van der Waals surface area contributed by atoms with E-state index in [0.717, 1.165) is 4.68 Å². The minimum absolute atomic E-state index is 0.0706. The number of nitrogens with one attached hydrogen (secondary N) is 1. The second kappa shape index (κ2) is 11.0. The highest BCUT2D eigenvalue weighted by atomic mass is 35.5. The van der Waals surface area contributed by atoms with E-state index in [4.69, 9.17) is 11.6 Å². The fraction of sp³-hybridized carbons (Fsp3) is 0.400. The van der Waals surface area contributed by atoms with E-state index < -0.39 is 42.0 Å². The standard InChI is InChI=1S/C25H25ClF6N6O/c1-15(19-5-3-4-6-20(19)26)33-22(39)21-23(37-9-7-36(2)8-10-37)38(35-34-21)14-16-11-17(24(27,28)29)13-18(12-16)25(30,31)32/h3-6,11-13,15H,7-10,14H2,1-2H3,(H,33,39)/t15-/m1/s1. The molecule has 1 fully saturated rings. The SMILES string of the molecule is C[C@@H](NC(=O)c1nnn(Cc2cc(C(F)(F)F)cc(C(F)(F)F)c2)c1N1CCN(C)CC1)c1ccccc1Cl. The first-order valence-electron chi connectivity index (χ1n) is 11.9. The summed E-state index contributed by atoms with van der Waals surface area (Å²) in [4.78, 5) is 17.1. The van der Waals surface area contributed by atoms with E-state index in [1.54, 1.807) is 36.1 Å². The van der Waals surface area contributed by atoms with Gasteiger partial charge in [-0.15, -0.1) is 5.10 Å². The van der Waals surface area contributed by atoms with Gasteiger partial charge in [0.05, 0.1) is 23.7 Å². The van der Waals surface area contributed by atoms with Crippen LogP contribution in [-0.2, 0) is 18.9 Å². The second-order valence-electron chi connectivity index (χ2n) is 9.34. The number of alkyl halides is 6. The molecule has 0 unspecified atom stereocenters. The predicted octanol–water partition coefficient (Wildman–Crippen LogP) is 5.26. The van der Waals surface area contributed by atoms with Crippen LogP contribution >= 0.6 is 11.6 Å². The van der Waals surface area contributed by atoms with E-state index in [1.165, 1.54) is 0 Å². The van der Waals surface area contributed by atoms with Crippen molar-refractivity contribution >= 4 is 23.3 Å². The van der Waals surface area contributed by atoms with Gasteiger partial charge in [-0.25, -0.2) is 4.68 Å². The lowest BCUT2D eigenvalue weighted by Crippen LogP contribution is -2.46. The minimum Gasteiger partial charge on any atom is -0.352 e. The number of amides is 1. The van der Waals surface area contributed by atoms with Crippen LogP contribution in [0.5, 0.6) is 0 Å². The van der Waals surface area contributed by atoms with E-state index in [1.807, 2.05) is 11.9 Å². The zero-order chi connectivity index (χ0) is 28.5. The molecule has 1 N–H and O–H groups in total. The maximum atomic E-state index is 13.4. The predicted molar refractivity (Wildman–Crippen MR) is 133 cm³/mol. The van der Waals surface area contributed by atoms with Gasteiger partial charge in [0.25, 0.3) is 5.91 Å². The summed E-state index contributed by atoms with van der Waals surface area (Å²) in [5.41, 5.74) is -2.58. The van der Waals surface area contributed by atoms with Crippen molar-refractivity contribution in [2.24, 2.45) is 0 Å². The molecule has 3 aromatic rings. The molecule has 1 amide bonds. The molecule has 0 spiro atoms. The van der Waals surface area contributed by atoms with Crippen LogP contribution in [0.1, 0.15) is 45.7 Å². The molecule has 1 aliphatic heterocycles. The van der Waals surface area contributed by atoms with Crippen LogP contribution in [0.4, 0.5) is 32.2 Å². The van der Waals surface area contributed by atoms with Gasteiger partial charge >= 0.3 is 12.4 Å². The number of hydrogen-bond acceptors (Lipinski definition) is 5. The normalized spacial score (nSPS) is 15.9. The number of carbonyl (C=O) groups is 1. The molecule has 0 saturated carbocycles. The van der Waals surface area contributed by atoms with Crippen molar-refractivity contribution in [1.82, 2.24) is 25.2 Å². The van der Waals surface area contributed by atoms with Gasteiger partial charge in [-0.1, -0.05) is 35.0 Å². The summed E-state index contributed by atoms with van der Waals surface area (Å²) in [6.07, 6.45) is -9.98. The van der Waals surface area contributed by atoms with Crippen molar-refractivity contribution in [3.05, 3.63) is 75.4 Å². The van der Waals surface area contributed by atoms with Crippen LogP contribution in [0.15, 0.2) is 42.5 Å². The number of hydrogen-bond donors (Lipinski definition) is 1. The first-order valence-corrected chi connectivity index (χ1v) is 12.3.